The van der Waals surface area contributed by atoms with Crippen LogP contribution in [0.1, 0.15) is 33.2 Å². The smallest absolute Gasteiger partial charge is 0.322 e. The van der Waals surface area contributed by atoms with Gasteiger partial charge in [0.2, 0.25) is 0 Å². The number of carbonyl (C=O) groups excluding carboxylic acids is 2. The molecule has 3 amide bonds. The number of aliphatic hydroxyl groups excluding tert-OH is 1. The first kappa shape index (κ1) is 21.6. The van der Waals surface area contributed by atoms with Gasteiger partial charge in [-0.1, -0.05) is 36.4 Å². The minimum absolute atomic E-state index is 0.0879. The molecule has 4 aromatic rings. The predicted octanol–water partition coefficient (Wildman–Crippen LogP) is 3.01. The number of nitrogens with one attached hydrogen (secondary N) is 3. The molecule has 34 heavy (non-hydrogen) atoms. The second kappa shape index (κ2) is 9.32. The number of H-pyrrole nitrogens is 1. The number of nitrogens with zero attached hydrogens (tertiary/aromatic N) is 3. The molecule has 172 valence electrons. The summed E-state index contributed by atoms with van der Waals surface area (Å²) in [5.41, 5.74) is 4.57. The fourth-order valence-electron chi connectivity index (χ4n) is 4.15. The van der Waals surface area contributed by atoms with Gasteiger partial charge in [0.25, 0.3) is 5.91 Å². The van der Waals surface area contributed by atoms with Gasteiger partial charge in [0.1, 0.15) is 0 Å². The number of carbonyl (C=O) groups is 2. The third kappa shape index (κ3) is 4.46. The van der Waals surface area contributed by atoms with Crippen molar-refractivity contribution in [3.8, 4) is 0 Å². The van der Waals surface area contributed by atoms with Gasteiger partial charge in [-0.2, -0.15) is 5.10 Å². The Balaban J connectivity index is 1.20. The molecule has 0 aliphatic carbocycles. The van der Waals surface area contributed by atoms with E-state index in [1.54, 1.807) is 53.7 Å². The van der Waals surface area contributed by atoms with Crippen LogP contribution in [0.3, 0.4) is 0 Å². The van der Waals surface area contributed by atoms with Crippen molar-refractivity contribution in [2.24, 2.45) is 0 Å². The summed E-state index contributed by atoms with van der Waals surface area (Å²) in [5.74, 6) is -0.326. The molecule has 3 heterocycles. The second-order valence-electron chi connectivity index (χ2n) is 8.21. The zero-order chi connectivity index (χ0) is 23.5. The van der Waals surface area contributed by atoms with Crippen LogP contribution in [0.5, 0.6) is 0 Å². The number of urea groups is 1. The van der Waals surface area contributed by atoms with Gasteiger partial charge in [0, 0.05) is 42.5 Å². The van der Waals surface area contributed by atoms with Crippen LogP contribution in [-0.2, 0) is 13.0 Å². The molecule has 0 fully saturated rings. The molecule has 9 heteroatoms. The SMILES string of the molecule is O=C(NCC(O)c1ccccc1)c1cccc(NC(=O)N2CCc3c(cnc4[nH]ncc34)C2)c1. The molecule has 1 aliphatic rings. The molecule has 9 nitrogen and oxygen atoms in total. The van der Waals surface area contributed by atoms with Crippen molar-refractivity contribution in [1.29, 1.82) is 0 Å². The molecule has 0 spiro atoms. The molecule has 0 radical (unpaired) electrons. The molecule has 0 bridgehead atoms. The Labute approximate surface area is 195 Å². The molecule has 2 aromatic carbocycles. The van der Waals surface area contributed by atoms with Crippen LogP contribution in [-0.4, -0.2) is 50.2 Å². The molecular weight excluding hydrogens is 432 g/mol. The fraction of sp³-hybridized carbons (Fsp3) is 0.200. The number of benzene rings is 2. The lowest BCUT2D eigenvalue weighted by molar-refractivity contribution is 0.0916. The summed E-state index contributed by atoms with van der Waals surface area (Å²) in [4.78, 5) is 31.6. The molecule has 5 rings (SSSR count). The Morgan fingerprint density at radius 2 is 1.97 bits per heavy atom. The highest BCUT2D eigenvalue weighted by molar-refractivity contribution is 5.97. The first-order valence-corrected chi connectivity index (χ1v) is 11.1. The van der Waals surface area contributed by atoms with Gasteiger partial charge < -0.3 is 20.6 Å². The number of anilines is 1. The van der Waals surface area contributed by atoms with Gasteiger partial charge in [0.15, 0.2) is 5.65 Å². The first-order valence-electron chi connectivity index (χ1n) is 11.1. The lowest BCUT2D eigenvalue weighted by Gasteiger charge is -2.29. The maximum Gasteiger partial charge on any atom is 0.322 e. The Kier molecular flexibility index (Phi) is 5.92. The van der Waals surface area contributed by atoms with Crippen LogP contribution in [0.2, 0.25) is 0 Å². The number of aromatic nitrogens is 3. The number of rotatable bonds is 5. The quantitative estimate of drug-likeness (QED) is 0.368. The van der Waals surface area contributed by atoms with Crippen LogP contribution in [0, 0.1) is 0 Å². The molecule has 0 saturated carbocycles. The van der Waals surface area contributed by atoms with Crippen LogP contribution in [0.25, 0.3) is 11.0 Å². The number of hydrogen-bond donors (Lipinski definition) is 4. The van der Waals surface area contributed by atoms with E-state index in [2.05, 4.69) is 25.8 Å². The second-order valence-corrected chi connectivity index (χ2v) is 8.21. The summed E-state index contributed by atoms with van der Waals surface area (Å²) in [6, 6.07) is 15.6. The maximum atomic E-state index is 12.9. The van der Waals surface area contributed by atoms with E-state index in [0.29, 0.717) is 30.8 Å². The van der Waals surface area contributed by atoms with Crippen molar-refractivity contribution < 1.29 is 14.7 Å². The summed E-state index contributed by atoms with van der Waals surface area (Å²) < 4.78 is 0. The van der Waals surface area contributed by atoms with Gasteiger partial charge in [-0.25, -0.2) is 9.78 Å². The Hall–Kier alpha value is -4.24. The van der Waals surface area contributed by atoms with E-state index in [4.69, 9.17) is 0 Å². The van der Waals surface area contributed by atoms with Crippen molar-refractivity contribution in [2.75, 3.05) is 18.4 Å². The van der Waals surface area contributed by atoms with Crippen molar-refractivity contribution in [3.63, 3.8) is 0 Å². The lowest BCUT2D eigenvalue weighted by Crippen LogP contribution is -2.39. The first-order chi connectivity index (χ1) is 16.6. The lowest BCUT2D eigenvalue weighted by atomic mass is 9.99. The van der Waals surface area contributed by atoms with Crippen LogP contribution in [0.4, 0.5) is 10.5 Å². The fourth-order valence-corrected chi connectivity index (χ4v) is 4.15. The number of amides is 3. The molecule has 1 atom stereocenters. The largest absolute Gasteiger partial charge is 0.387 e. The van der Waals surface area contributed by atoms with E-state index in [-0.39, 0.29) is 18.5 Å². The van der Waals surface area contributed by atoms with Crippen molar-refractivity contribution in [3.05, 3.63) is 89.2 Å². The predicted molar refractivity (Wildman–Crippen MR) is 127 cm³/mol. The number of hydrogen-bond acceptors (Lipinski definition) is 5. The monoisotopic (exact) mass is 456 g/mol. The van der Waals surface area contributed by atoms with Crippen molar-refractivity contribution in [1.82, 2.24) is 25.4 Å². The highest BCUT2D eigenvalue weighted by atomic mass is 16.3. The summed E-state index contributed by atoms with van der Waals surface area (Å²) in [6.07, 6.45) is 3.47. The van der Waals surface area contributed by atoms with E-state index < -0.39 is 6.10 Å². The topological polar surface area (TPSA) is 123 Å². The summed E-state index contributed by atoms with van der Waals surface area (Å²) in [7, 11) is 0. The highest BCUT2D eigenvalue weighted by Crippen LogP contribution is 2.25. The van der Waals surface area contributed by atoms with Crippen LogP contribution < -0.4 is 10.6 Å². The normalized spacial score (nSPS) is 13.9. The third-order valence-corrected chi connectivity index (χ3v) is 5.98. The molecule has 1 aliphatic heterocycles. The van der Waals surface area contributed by atoms with Gasteiger partial charge >= 0.3 is 6.03 Å². The van der Waals surface area contributed by atoms with Gasteiger partial charge in [-0.15, -0.1) is 0 Å². The molecular formula is C25H24N6O3. The van der Waals surface area contributed by atoms with E-state index in [0.717, 1.165) is 22.2 Å². The Morgan fingerprint density at radius 1 is 1.12 bits per heavy atom. The van der Waals surface area contributed by atoms with E-state index >= 15 is 0 Å². The highest BCUT2D eigenvalue weighted by Gasteiger charge is 2.23. The molecule has 4 N–H and O–H groups in total. The zero-order valence-electron chi connectivity index (χ0n) is 18.4. The average Bonchev–Trinajstić information content (AvgIpc) is 3.37. The van der Waals surface area contributed by atoms with Crippen molar-refractivity contribution in [2.45, 2.75) is 19.1 Å². The molecule has 2 aromatic heterocycles. The van der Waals surface area contributed by atoms with Crippen LogP contribution >= 0.6 is 0 Å². The van der Waals surface area contributed by atoms with E-state index in [1.807, 2.05) is 18.2 Å². The standard InChI is InChI=1S/C25H24N6O3/c32-22(16-5-2-1-3-6-16)14-27-24(33)17-7-4-8-19(11-17)29-25(34)31-10-9-20-18(15-31)12-26-23-21(20)13-28-30-23/h1-8,11-13,22,32H,9-10,14-15H2,(H,27,33)(H,29,34)(H,26,28,30). The Bertz CT molecular complexity index is 1340. The number of fused-ring (bicyclic) bond motifs is 3. The van der Waals surface area contributed by atoms with Crippen molar-refractivity contribution >= 4 is 28.7 Å². The summed E-state index contributed by atoms with van der Waals surface area (Å²) in [6.45, 7) is 1.11. The minimum atomic E-state index is -0.798. The number of aliphatic hydroxyl groups is 1. The Morgan fingerprint density at radius 3 is 2.82 bits per heavy atom. The molecule has 1 unspecified atom stereocenters. The van der Waals surface area contributed by atoms with Gasteiger partial charge in [-0.05, 0) is 41.3 Å². The number of pyridine rings is 1. The van der Waals surface area contributed by atoms with E-state index in [9.17, 15) is 14.7 Å². The zero-order valence-corrected chi connectivity index (χ0v) is 18.4. The summed E-state index contributed by atoms with van der Waals surface area (Å²) >= 11 is 0. The maximum absolute atomic E-state index is 12.9. The number of aromatic amines is 1. The van der Waals surface area contributed by atoms with Gasteiger partial charge in [0.05, 0.1) is 12.3 Å². The van der Waals surface area contributed by atoms with Crippen LogP contribution in [0.15, 0.2) is 67.0 Å². The van der Waals surface area contributed by atoms with E-state index in [1.165, 1.54) is 5.56 Å². The molecule has 0 saturated heterocycles. The van der Waals surface area contributed by atoms with Gasteiger partial charge in [-0.3, -0.25) is 9.89 Å². The summed E-state index contributed by atoms with van der Waals surface area (Å²) in [5, 5.41) is 23.8. The third-order valence-electron chi connectivity index (χ3n) is 5.98. The average molecular weight is 457 g/mol. The minimum Gasteiger partial charge on any atom is -0.387 e.